The van der Waals surface area contributed by atoms with Gasteiger partial charge in [-0.05, 0) is 48.0 Å². The van der Waals surface area contributed by atoms with E-state index in [1.165, 1.54) is 18.5 Å². The second kappa shape index (κ2) is 9.02. The fraction of sp³-hybridized carbons (Fsp3) is 0.0400. The molecule has 5 nitrogen and oxygen atoms in total. The molecule has 0 unspecified atom stereocenters. The lowest BCUT2D eigenvalue weighted by Gasteiger charge is -2.20. The van der Waals surface area contributed by atoms with Crippen molar-refractivity contribution in [1.29, 1.82) is 5.26 Å². The van der Waals surface area contributed by atoms with E-state index in [0.717, 1.165) is 24.3 Å². The van der Waals surface area contributed by atoms with Gasteiger partial charge in [-0.15, -0.1) is 0 Å². The van der Waals surface area contributed by atoms with Gasteiger partial charge in [-0.1, -0.05) is 11.6 Å². The van der Waals surface area contributed by atoms with E-state index in [-0.39, 0.29) is 27.4 Å². The number of benzene rings is 3. The second-order valence-electron chi connectivity index (χ2n) is 7.57. The molecule has 0 aliphatic carbocycles. The van der Waals surface area contributed by atoms with Gasteiger partial charge in [0.15, 0.2) is 5.78 Å². The summed E-state index contributed by atoms with van der Waals surface area (Å²) in [6.07, 6.45) is -2.68. The minimum absolute atomic E-state index is 0.138. The average molecular weight is 516 g/mol. The maximum Gasteiger partial charge on any atom is 0.417 e. The lowest BCUT2D eigenvalue weighted by atomic mass is 9.83. The van der Waals surface area contributed by atoms with E-state index in [1.54, 1.807) is 6.07 Å². The Morgan fingerprint density at radius 2 is 1.69 bits per heavy atom. The lowest BCUT2D eigenvalue weighted by molar-refractivity contribution is -0.137. The number of carbonyl (C=O) groups excluding carboxylic acids is 2. The number of nitrogens with two attached hydrogens (primary N) is 1. The summed E-state index contributed by atoms with van der Waals surface area (Å²) in [5, 5.41) is 10.00. The lowest BCUT2D eigenvalue weighted by Crippen LogP contribution is -2.19. The zero-order valence-corrected chi connectivity index (χ0v) is 18.5. The third-order valence-corrected chi connectivity index (χ3v) is 5.73. The molecule has 0 radical (unpaired) electrons. The maximum absolute atomic E-state index is 14.1. The van der Waals surface area contributed by atoms with Crippen molar-refractivity contribution in [3.63, 3.8) is 0 Å². The topological polar surface area (TPSA) is 96.8 Å². The highest BCUT2D eigenvalue weighted by Crippen LogP contribution is 2.43. The zero-order valence-electron chi connectivity index (χ0n) is 17.8. The van der Waals surface area contributed by atoms with Crippen LogP contribution in [0.25, 0.3) is 21.9 Å². The van der Waals surface area contributed by atoms with Gasteiger partial charge in [0.2, 0.25) is 5.91 Å². The first-order valence-corrected chi connectivity index (χ1v) is 10.3. The molecule has 11 heteroatoms. The van der Waals surface area contributed by atoms with Gasteiger partial charge in [0.1, 0.15) is 17.7 Å². The molecule has 3 aromatic carbocycles. The van der Waals surface area contributed by atoms with E-state index in [9.17, 15) is 36.8 Å². The minimum Gasteiger partial charge on any atom is -0.366 e. The number of aromatic nitrogens is 1. The predicted molar refractivity (Wildman–Crippen MR) is 120 cm³/mol. The van der Waals surface area contributed by atoms with Gasteiger partial charge in [0.05, 0.1) is 21.7 Å². The van der Waals surface area contributed by atoms with Crippen molar-refractivity contribution in [3.05, 3.63) is 99.3 Å². The Labute approximate surface area is 204 Å². The second-order valence-corrected chi connectivity index (χ2v) is 7.98. The van der Waals surface area contributed by atoms with E-state index in [2.05, 4.69) is 4.98 Å². The van der Waals surface area contributed by atoms with E-state index in [1.807, 2.05) is 0 Å². The molecule has 180 valence electrons. The van der Waals surface area contributed by atoms with Gasteiger partial charge in [-0.25, -0.2) is 8.78 Å². The van der Waals surface area contributed by atoms with Crippen LogP contribution in [-0.2, 0) is 6.18 Å². The molecule has 0 fully saturated rings. The van der Waals surface area contributed by atoms with Crippen LogP contribution in [0.4, 0.5) is 22.0 Å². The molecular weight excluding hydrogens is 505 g/mol. The number of amides is 1. The maximum atomic E-state index is 14.1. The SMILES string of the molecule is N#Cc1c(C(=O)c2cc(F)ccc2Cl)c(-c2c(C(N)=O)cc(F)cc2C(F)(F)F)cc2cnccc12. The van der Waals surface area contributed by atoms with Crippen LogP contribution in [0.5, 0.6) is 0 Å². The van der Waals surface area contributed by atoms with Crippen LogP contribution in [0.1, 0.15) is 37.4 Å². The van der Waals surface area contributed by atoms with Crippen molar-refractivity contribution >= 4 is 34.1 Å². The highest BCUT2D eigenvalue weighted by Gasteiger charge is 2.38. The molecule has 0 spiro atoms. The van der Waals surface area contributed by atoms with Crippen LogP contribution in [0.3, 0.4) is 0 Å². The smallest absolute Gasteiger partial charge is 0.366 e. The molecule has 0 saturated carbocycles. The van der Waals surface area contributed by atoms with Gasteiger partial charge in [-0.3, -0.25) is 14.6 Å². The molecule has 4 rings (SSSR count). The summed E-state index contributed by atoms with van der Waals surface area (Å²) < 4.78 is 70.3. The Morgan fingerprint density at radius 1 is 1.00 bits per heavy atom. The summed E-state index contributed by atoms with van der Waals surface area (Å²) in [5.41, 5.74) is -0.116. The first kappa shape index (κ1) is 24.8. The Hall–Kier alpha value is -4.36. The third-order valence-electron chi connectivity index (χ3n) is 5.40. The summed E-state index contributed by atoms with van der Waals surface area (Å²) in [5.74, 6) is -4.79. The molecule has 0 atom stereocenters. The standard InChI is InChI=1S/C25H11ClF5N3O2/c26-20-2-1-12(27)6-15(20)23(35)22-16(5-11-10-34-4-3-14(11)18(22)9-32)21-17(24(33)36)7-13(28)8-19(21)25(29,30)31/h1-8,10H,(H2,33,36). The summed E-state index contributed by atoms with van der Waals surface area (Å²) in [4.78, 5) is 29.7. The molecule has 0 saturated heterocycles. The van der Waals surface area contributed by atoms with Crippen LogP contribution < -0.4 is 5.73 Å². The fourth-order valence-electron chi connectivity index (χ4n) is 3.92. The molecule has 36 heavy (non-hydrogen) atoms. The van der Waals surface area contributed by atoms with Crippen molar-refractivity contribution in [2.45, 2.75) is 6.18 Å². The van der Waals surface area contributed by atoms with Crippen molar-refractivity contribution in [2.75, 3.05) is 0 Å². The number of carbonyl (C=O) groups is 2. The normalized spacial score (nSPS) is 11.4. The van der Waals surface area contributed by atoms with E-state index in [4.69, 9.17) is 17.3 Å². The number of hydrogen-bond donors (Lipinski definition) is 1. The van der Waals surface area contributed by atoms with Crippen LogP contribution in [0, 0.1) is 23.0 Å². The third kappa shape index (κ3) is 4.25. The first-order valence-electron chi connectivity index (χ1n) is 9.95. The molecule has 2 N–H and O–H groups in total. The molecular formula is C25H11ClF5N3O2. The van der Waals surface area contributed by atoms with Gasteiger partial charge >= 0.3 is 6.18 Å². The number of primary amides is 1. The first-order chi connectivity index (χ1) is 16.9. The quantitative estimate of drug-likeness (QED) is 0.264. The Kier molecular flexibility index (Phi) is 6.20. The van der Waals surface area contributed by atoms with Crippen molar-refractivity contribution in [2.24, 2.45) is 5.73 Å². The Bertz CT molecular complexity index is 1630. The largest absolute Gasteiger partial charge is 0.417 e. The number of fused-ring (bicyclic) bond motifs is 1. The fourth-order valence-corrected chi connectivity index (χ4v) is 4.12. The number of pyridine rings is 1. The monoisotopic (exact) mass is 515 g/mol. The number of hydrogen-bond acceptors (Lipinski definition) is 4. The molecule has 0 aliphatic rings. The Balaban J connectivity index is 2.25. The van der Waals surface area contributed by atoms with Crippen LogP contribution in [-0.4, -0.2) is 16.7 Å². The molecule has 4 aromatic rings. The number of rotatable bonds is 4. The van der Waals surface area contributed by atoms with Crippen LogP contribution in [0.15, 0.2) is 54.9 Å². The summed E-state index contributed by atoms with van der Waals surface area (Å²) in [6, 6.07) is 7.67. The summed E-state index contributed by atoms with van der Waals surface area (Å²) >= 11 is 6.08. The Morgan fingerprint density at radius 3 is 2.33 bits per heavy atom. The predicted octanol–water partition coefficient (Wildman–Crippen LogP) is 6.05. The highest BCUT2D eigenvalue weighted by molar-refractivity contribution is 6.35. The number of nitriles is 1. The van der Waals surface area contributed by atoms with Gasteiger partial charge in [-0.2, -0.15) is 18.4 Å². The molecule has 0 bridgehead atoms. The summed E-state index contributed by atoms with van der Waals surface area (Å²) in [6.45, 7) is 0. The van der Waals surface area contributed by atoms with E-state index < -0.39 is 62.9 Å². The number of ketones is 1. The van der Waals surface area contributed by atoms with Gasteiger partial charge in [0, 0.05) is 39.9 Å². The number of nitrogens with zero attached hydrogens (tertiary/aromatic N) is 2. The van der Waals surface area contributed by atoms with Crippen molar-refractivity contribution < 1.29 is 31.5 Å². The van der Waals surface area contributed by atoms with Crippen molar-refractivity contribution in [3.8, 4) is 17.2 Å². The van der Waals surface area contributed by atoms with Gasteiger partial charge < -0.3 is 5.73 Å². The van der Waals surface area contributed by atoms with Gasteiger partial charge in [0.25, 0.3) is 0 Å². The van der Waals surface area contributed by atoms with Crippen molar-refractivity contribution in [1.82, 2.24) is 4.98 Å². The zero-order chi connectivity index (χ0) is 26.4. The van der Waals surface area contributed by atoms with E-state index in [0.29, 0.717) is 6.07 Å². The minimum atomic E-state index is -5.20. The highest BCUT2D eigenvalue weighted by atomic mass is 35.5. The molecule has 1 aromatic heterocycles. The number of alkyl halides is 3. The molecule has 0 aliphatic heterocycles. The number of halogens is 6. The molecule has 1 heterocycles. The average Bonchev–Trinajstić information content (AvgIpc) is 2.82. The van der Waals surface area contributed by atoms with Crippen LogP contribution >= 0.6 is 11.6 Å². The molecule has 1 amide bonds. The summed E-state index contributed by atoms with van der Waals surface area (Å²) in [7, 11) is 0. The van der Waals surface area contributed by atoms with Crippen LogP contribution in [0.2, 0.25) is 5.02 Å². The van der Waals surface area contributed by atoms with E-state index >= 15 is 0 Å².